The van der Waals surface area contributed by atoms with Crippen LogP contribution in [0.2, 0.25) is 0 Å². The van der Waals surface area contributed by atoms with Crippen molar-refractivity contribution in [2.24, 2.45) is 12.5 Å². The van der Waals surface area contributed by atoms with Crippen LogP contribution in [0.4, 0.5) is 13.2 Å². The highest BCUT2D eigenvalue weighted by molar-refractivity contribution is 5.77. The van der Waals surface area contributed by atoms with Crippen LogP contribution < -0.4 is 5.32 Å². The number of nitrogens with one attached hydrogen (secondary N) is 1. The normalized spacial score (nSPS) is 16.7. The van der Waals surface area contributed by atoms with Crippen molar-refractivity contribution in [3.63, 3.8) is 0 Å². The smallest absolute Gasteiger partial charge is 0.391 e. The second-order valence-corrected chi connectivity index (χ2v) is 6.58. The Bertz CT molecular complexity index is 551. The van der Waals surface area contributed by atoms with E-state index in [2.05, 4.69) is 10.3 Å². The van der Waals surface area contributed by atoms with Gasteiger partial charge in [-0.25, -0.2) is 4.98 Å². The van der Waals surface area contributed by atoms with Crippen LogP contribution >= 0.6 is 0 Å². The van der Waals surface area contributed by atoms with E-state index in [1.807, 2.05) is 0 Å². The number of nitrogens with zero attached hydrogens (tertiary/aromatic N) is 2. The van der Waals surface area contributed by atoms with Gasteiger partial charge in [0, 0.05) is 26.0 Å². The number of hydrogen-bond acceptors (Lipinski definition) is 4. The maximum atomic E-state index is 13.3. The summed E-state index contributed by atoms with van der Waals surface area (Å²) in [6.45, 7) is 4.97. The topological polar surface area (TPSA) is 87.4 Å². The summed E-state index contributed by atoms with van der Waals surface area (Å²) in [5.41, 5.74) is -3.94. The lowest BCUT2D eigenvalue weighted by molar-refractivity contribution is -0.271. The van der Waals surface area contributed by atoms with E-state index in [1.54, 1.807) is 20.8 Å². The number of aryl methyl sites for hydroxylation is 1. The van der Waals surface area contributed by atoms with E-state index in [0.717, 1.165) is 10.8 Å². The minimum atomic E-state index is -5.08. The van der Waals surface area contributed by atoms with Gasteiger partial charge in [-0.1, -0.05) is 20.8 Å². The summed E-state index contributed by atoms with van der Waals surface area (Å²) in [4.78, 5) is 15.3. The second kappa shape index (κ2) is 6.48. The lowest BCUT2D eigenvalue weighted by Crippen LogP contribution is -2.49. The van der Waals surface area contributed by atoms with E-state index in [0.29, 0.717) is 0 Å². The highest BCUT2D eigenvalue weighted by Gasteiger charge is 2.58. The zero-order chi connectivity index (χ0) is 18.1. The van der Waals surface area contributed by atoms with Crippen LogP contribution in [-0.2, 0) is 17.4 Å². The molecule has 0 aliphatic heterocycles. The molecule has 1 amide bonds. The molecule has 1 heterocycles. The first-order valence-electron chi connectivity index (χ1n) is 7.00. The minimum absolute atomic E-state index is 0.211. The number of aromatic nitrogens is 2. The SMILES string of the molecule is Cn1ccnc1C(O)(CC(=O)NCC(O)C(C)(C)C)C(F)(F)F. The van der Waals surface area contributed by atoms with Gasteiger partial charge in [0.15, 0.2) is 5.82 Å². The third-order valence-corrected chi connectivity index (χ3v) is 3.57. The van der Waals surface area contributed by atoms with Crippen molar-refractivity contribution in [3.8, 4) is 0 Å². The molecule has 0 fully saturated rings. The highest BCUT2D eigenvalue weighted by atomic mass is 19.4. The molecule has 23 heavy (non-hydrogen) atoms. The fourth-order valence-electron chi connectivity index (χ4n) is 1.88. The Kier molecular flexibility index (Phi) is 5.48. The maximum Gasteiger partial charge on any atom is 0.425 e. The first kappa shape index (κ1) is 19.4. The zero-order valence-electron chi connectivity index (χ0n) is 13.5. The molecule has 0 aromatic carbocycles. The molecule has 0 aliphatic carbocycles. The Balaban J connectivity index is 2.88. The molecular weight excluding hydrogens is 315 g/mol. The largest absolute Gasteiger partial charge is 0.425 e. The maximum absolute atomic E-state index is 13.3. The number of hydrogen-bond donors (Lipinski definition) is 3. The Morgan fingerprint density at radius 3 is 2.35 bits per heavy atom. The number of amides is 1. The van der Waals surface area contributed by atoms with Crippen LogP contribution in [0.5, 0.6) is 0 Å². The highest BCUT2D eigenvalue weighted by Crippen LogP contribution is 2.40. The molecule has 6 nitrogen and oxygen atoms in total. The molecule has 1 aromatic rings. The van der Waals surface area contributed by atoms with Gasteiger partial charge in [-0.3, -0.25) is 4.79 Å². The quantitative estimate of drug-likeness (QED) is 0.750. The summed E-state index contributed by atoms with van der Waals surface area (Å²) in [7, 11) is 1.29. The van der Waals surface area contributed by atoms with Crippen LogP contribution in [0.3, 0.4) is 0 Å². The summed E-state index contributed by atoms with van der Waals surface area (Å²) in [6.07, 6.45) is -4.90. The van der Waals surface area contributed by atoms with Gasteiger partial charge >= 0.3 is 6.18 Å². The number of imidazole rings is 1. The van der Waals surface area contributed by atoms with Crippen LogP contribution in [0, 0.1) is 5.41 Å². The molecule has 0 radical (unpaired) electrons. The first-order valence-corrected chi connectivity index (χ1v) is 7.00. The molecule has 2 atom stereocenters. The second-order valence-electron chi connectivity index (χ2n) is 6.58. The Labute approximate surface area is 132 Å². The molecular formula is C14H22F3N3O3. The Hall–Kier alpha value is -1.61. The van der Waals surface area contributed by atoms with E-state index in [9.17, 15) is 28.2 Å². The molecule has 1 aromatic heterocycles. The van der Waals surface area contributed by atoms with Crippen LogP contribution in [-0.4, -0.2) is 44.5 Å². The van der Waals surface area contributed by atoms with Crippen molar-refractivity contribution in [3.05, 3.63) is 18.2 Å². The third kappa shape index (κ3) is 4.44. The molecule has 9 heteroatoms. The summed E-state index contributed by atoms with van der Waals surface area (Å²) in [5.74, 6) is -1.70. The lowest BCUT2D eigenvalue weighted by atomic mass is 9.89. The molecule has 2 unspecified atom stereocenters. The average molecular weight is 337 g/mol. The Morgan fingerprint density at radius 2 is 1.96 bits per heavy atom. The summed E-state index contributed by atoms with van der Waals surface area (Å²) < 4.78 is 40.8. The van der Waals surface area contributed by atoms with E-state index >= 15 is 0 Å². The van der Waals surface area contributed by atoms with Crippen LogP contribution in [0.1, 0.15) is 33.0 Å². The standard InChI is InChI=1S/C14H22F3N3O3/c1-12(2,3)9(21)8-19-10(22)7-13(23,14(15,16)17)11-18-5-6-20(11)4/h5-6,9,21,23H,7-8H2,1-4H3,(H,19,22). The molecule has 0 aliphatic rings. The molecule has 3 N–H and O–H groups in total. The van der Waals surface area contributed by atoms with Gasteiger partial charge in [0.05, 0.1) is 12.5 Å². The fourth-order valence-corrected chi connectivity index (χ4v) is 1.88. The van der Waals surface area contributed by atoms with E-state index in [1.165, 1.54) is 13.2 Å². The van der Waals surface area contributed by atoms with E-state index in [4.69, 9.17) is 0 Å². The monoisotopic (exact) mass is 337 g/mol. The molecule has 1 rings (SSSR count). The number of alkyl halides is 3. The van der Waals surface area contributed by atoms with Gasteiger partial charge < -0.3 is 20.1 Å². The van der Waals surface area contributed by atoms with E-state index in [-0.39, 0.29) is 6.54 Å². The van der Waals surface area contributed by atoms with Crippen LogP contribution in [0.15, 0.2) is 12.4 Å². The number of aliphatic hydroxyl groups excluding tert-OH is 1. The Morgan fingerprint density at radius 1 is 1.39 bits per heavy atom. The van der Waals surface area contributed by atoms with Crippen molar-refractivity contribution in [1.29, 1.82) is 0 Å². The summed E-state index contributed by atoms with van der Waals surface area (Å²) in [5, 5.41) is 22.1. The van der Waals surface area contributed by atoms with Crippen LogP contribution in [0.25, 0.3) is 0 Å². The zero-order valence-corrected chi connectivity index (χ0v) is 13.5. The minimum Gasteiger partial charge on any atom is -0.391 e. The predicted octanol–water partition coefficient (Wildman–Crippen LogP) is 1.08. The van der Waals surface area contributed by atoms with E-state index < -0.39 is 41.4 Å². The average Bonchev–Trinajstić information content (AvgIpc) is 2.80. The number of halogens is 3. The molecule has 132 valence electrons. The predicted molar refractivity (Wildman–Crippen MR) is 76.2 cm³/mol. The van der Waals surface area contributed by atoms with Gasteiger partial charge in [0.1, 0.15) is 0 Å². The van der Waals surface area contributed by atoms with Gasteiger partial charge in [-0.15, -0.1) is 0 Å². The number of aliphatic hydroxyl groups is 2. The summed E-state index contributed by atoms with van der Waals surface area (Å²) >= 11 is 0. The van der Waals surface area contributed by atoms with Gasteiger partial charge in [0.25, 0.3) is 0 Å². The van der Waals surface area contributed by atoms with Crippen molar-refractivity contribution in [2.45, 2.75) is 45.1 Å². The van der Waals surface area contributed by atoms with Crippen molar-refractivity contribution in [2.75, 3.05) is 6.54 Å². The van der Waals surface area contributed by atoms with Crippen molar-refractivity contribution in [1.82, 2.24) is 14.9 Å². The third-order valence-electron chi connectivity index (χ3n) is 3.57. The summed E-state index contributed by atoms with van der Waals surface area (Å²) in [6, 6.07) is 0. The molecule has 0 saturated carbocycles. The lowest BCUT2D eigenvalue weighted by Gasteiger charge is -2.30. The van der Waals surface area contributed by atoms with Crippen molar-refractivity contribution < 1.29 is 28.2 Å². The molecule has 0 bridgehead atoms. The molecule has 0 saturated heterocycles. The fraction of sp³-hybridized carbons (Fsp3) is 0.714. The first-order chi connectivity index (χ1) is 10.3. The van der Waals surface area contributed by atoms with Crippen molar-refractivity contribution >= 4 is 5.91 Å². The van der Waals surface area contributed by atoms with Gasteiger partial charge in [-0.2, -0.15) is 13.2 Å². The number of carbonyl (C=O) groups is 1. The number of rotatable bonds is 5. The van der Waals surface area contributed by atoms with Gasteiger partial charge in [0.2, 0.25) is 11.5 Å². The number of carbonyl (C=O) groups excluding carboxylic acids is 1. The molecule has 0 spiro atoms. The van der Waals surface area contributed by atoms with Gasteiger partial charge in [-0.05, 0) is 5.41 Å².